The summed E-state index contributed by atoms with van der Waals surface area (Å²) in [5.41, 5.74) is 0. The van der Waals surface area contributed by atoms with Gasteiger partial charge < -0.3 is 15.2 Å². The predicted octanol–water partition coefficient (Wildman–Crippen LogP) is 1.75. The van der Waals surface area contributed by atoms with Crippen molar-refractivity contribution in [1.82, 2.24) is 10.2 Å². The fraction of sp³-hybridized carbons (Fsp3) is 0.933. The van der Waals surface area contributed by atoms with Gasteiger partial charge in [-0.1, -0.05) is 19.3 Å². The number of hydrogen-bond donors (Lipinski definition) is 2. The molecule has 2 rings (SSSR count). The van der Waals surface area contributed by atoms with E-state index in [2.05, 4.69) is 10.2 Å². The smallest absolute Gasteiger partial charge is 0.407 e. The standard InChI is InChI=1S/C15H28N2O3/c1-20-15(19)16-13-9-12(7-8-18)10-17(11-13)14-5-3-2-4-6-14/h12-14,18H,2-11H2,1H3,(H,16,19). The van der Waals surface area contributed by atoms with Gasteiger partial charge in [-0.15, -0.1) is 0 Å². The number of piperidine rings is 1. The first-order valence-corrected chi connectivity index (χ1v) is 7.92. The van der Waals surface area contributed by atoms with E-state index in [4.69, 9.17) is 4.74 Å². The molecule has 1 aliphatic carbocycles. The van der Waals surface area contributed by atoms with Gasteiger partial charge in [0.1, 0.15) is 0 Å². The Balaban J connectivity index is 1.94. The summed E-state index contributed by atoms with van der Waals surface area (Å²) in [6, 6.07) is 0.807. The molecule has 116 valence electrons. The first-order chi connectivity index (χ1) is 9.72. The topological polar surface area (TPSA) is 61.8 Å². The average Bonchev–Trinajstić information content (AvgIpc) is 2.48. The molecule has 1 heterocycles. The van der Waals surface area contributed by atoms with Gasteiger partial charge in [-0.05, 0) is 31.6 Å². The number of rotatable bonds is 4. The molecule has 1 aliphatic heterocycles. The van der Waals surface area contributed by atoms with Crippen LogP contribution in [0.2, 0.25) is 0 Å². The van der Waals surface area contributed by atoms with Crippen LogP contribution in [-0.4, -0.2) is 55.0 Å². The van der Waals surface area contributed by atoms with Gasteiger partial charge in [0, 0.05) is 31.8 Å². The third-order valence-corrected chi connectivity index (χ3v) is 4.70. The number of aliphatic hydroxyl groups excluding tert-OH is 1. The van der Waals surface area contributed by atoms with Crippen LogP contribution < -0.4 is 5.32 Å². The minimum Gasteiger partial charge on any atom is -0.453 e. The Morgan fingerprint density at radius 3 is 2.70 bits per heavy atom. The number of nitrogens with one attached hydrogen (secondary N) is 1. The number of nitrogens with zero attached hydrogens (tertiary/aromatic N) is 1. The molecule has 2 atom stereocenters. The van der Waals surface area contributed by atoms with Crippen LogP contribution in [0, 0.1) is 5.92 Å². The highest BCUT2D eigenvalue weighted by molar-refractivity contribution is 5.67. The second kappa shape index (κ2) is 7.84. The summed E-state index contributed by atoms with van der Waals surface area (Å²) >= 11 is 0. The van der Waals surface area contributed by atoms with Crippen molar-refractivity contribution < 1.29 is 14.6 Å². The van der Waals surface area contributed by atoms with E-state index in [1.54, 1.807) is 0 Å². The van der Waals surface area contributed by atoms with E-state index in [1.807, 2.05) is 0 Å². The molecule has 20 heavy (non-hydrogen) atoms. The molecule has 1 amide bonds. The number of methoxy groups -OCH3 is 1. The zero-order valence-corrected chi connectivity index (χ0v) is 12.5. The molecule has 0 bridgehead atoms. The molecule has 1 saturated heterocycles. The minimum absolute atomic E-state index is 0.148. The van der Waals surface area contributed by atoms with Crippen molar-refractivity contribution in [2.75, 3.05) is 26.8 Å². The van der Waals surface area contributed by atoms with Crippen LogP contribution in [0.15, 0.2) is 0 Å². The molecule has 0 spiro atoms. The van der Waals surface area contributed by atoms with Gasteiger partial charge >= 0.3 is 6.09 Å². The Kier molecular flexibility index (Phi) is 6.10. The van der Waals surface area contributed by atoms with E-state index < -0.39 is 0 Å². The van der Waals surface area contributed by atoms with E-state index in [-0.39, 0.29) is 18.7 Å². The lowest BCUT2D eigenvalue weighted by molar-refractivity contribution is 0.0659. The van der Waals surface area contributed by atoms with Crippen LogP contribution in [0.3, 0.4) is 0 Å². The number of hydrogen-bond acceptors (Lipinski definition) is 4. The number of likely N-dealkylation sites (tertiary alicyclic amines) is 1. The van der Waals surface area contributed by atoms with E-state index >= 15 is 0 Å². The third kappa shape index (κ3) is 4.35. The van der Waals surface area contributed by atoms with Gasteiger partial charge in [-0.2, -0.15) is 0 Å². The Hall–Kier alpha value is -0.810. The molecule has 1 saturated carbocycles. The lowest BCUT2D eigenvalue weighted by Crippen LogP contribution is -2.54. The summed E-state index contributed by atoms with van der Waals surface area (Å²) in [6.07, 6.45) is 7.97. The molecule has 2 fully saturated rings. The van der Waals surface area contributed by atoms with Crippen LogP contribution in [0.5, 0.6) is 0 Å². The van der Waals surface area contributed by atoms with Gasteiger partial charge in [0.15, 0.2) is 0 Å². The second-order valence-corrected chi connectivity index (χ2v) is 6.19. The third-order valence-electron chi connectivity index (χ3n) is 4.70. The minimum atomic E-state index is -0.344. The maximum Gasteiger partial charge on any atom is 0.407 e. The highest BCUT2D eigenvalue weighted by Gasteiger charge is 2.32. The van der Waals surface area contributed by atoms with Crippen LogP contribution in [0.1, 0.15) is 44.9 Å². The van der Waals surface area contributed by atoms with Gasteiger partial charge in [-0.25, -0.2) is 4.79 Å². The molecule has 2 aliphatic rings. The molecule has 0 aromatic heterocycles. The normalized spacial score (nSPS) is 29.1. The van der Waals surface area contributed by atoms with Crippen molar-refractivity contribution in [2.24, 2.45) is 5.92 Å². The largest absolute Gasteiger partial charge is 0.453 e. The van der Waals surface area contributed by atoms with Crippen LogP contribution in [0.4, 0.5) is 4.79 Å². The summed E-state index contributed by atoms with van der Waals surface area (Å²) in [4.78, 5) is 14.0. The maximum absolute atomic E-state index is 11.4. The Morgan fingerprint density at radius 2 is 2.05 bits per heavy atom. The van der Waals surface area contributed by atoms with Crippen molar-refractivity contribution in [3.63, 3.8) is 0 Å². The number of alkyl carbamates (subject to hydrolysis) is 1. The lowest BCUT2D eigenvalue weighted by atomic mass is 9.87. The monoisotopic (exact) mass is 284 g/mol. The summed E-state index contributed by atoms with van der Waals surface area (Å²) < 4.78 is 4.71. The molecular formula is C15H28N2O3. The Bertz CT molecular complexity index is 305. The van der Waals surface area contributed by atoms with E-state index in [9.17, 15) is 9.90 Å². The fourth-order valence-corrected chi connectivity index (χ4v) is 3.71. The molecule has 2 unspecified atom stereocenters. The highest BCUT2D eigenvalue weighted by atomic mass is 16.5. The number of amides is 1. The summed E-state index contributed by atoms with van der Waals surface area (Å²) in [5.74, 6) is 0.470. The van der Waals surface area contributed by atoms with Crippen LogP contribution in [0.25, 0.3) is 0 Å². The molecule has 0 aromatic rings. The SMILES string of the molecule is COC(=O)NC1CC(CCO)CN(C2CCCCC2)C1. The van der Waals surface area contributed by atoms with Gasteiger partial charge in [-0.3, -0.25) is 4.90 Å². The van der Waals surface area contributed by atoms with E-state index in [0.29, 0.717) is 12.0 Å². The predicted molar refractivity (Wildman–Crippen MR) is 77.6 cm³/mol. The lowest BCUT2D eigenvalue weighted by Gasteiger charge is -2.43. The molecule has 2 N–H and O–H groups in total. The second-order valence-electron chi connectivity index (χ2n) is 6.19. The van der Waals surface area contributed by atoms with Crippen LogP contribution in [-0.2, 0) is 4.74 Å². The first kappa shape index (κ1) is 15.6. The van der Waals surface area contributed by atoms with E-state index in [1.165, 1.54) is 39.2 Å². The summed E-state index contributed by atoms with van der Waals surface area (Å²) in [7, 11) is 1.41. The average molecular weight is 284 g/mol. The molecule has 0 radical (unpaired) electrons. The summed E-state index contributed by atoms with van der Waals surface area (Å²) in [5, 5.41) is 12.1. The number of aliphatic hydroxyl groups is 1. The molecule has 5 nitrogen and oxygen atoms in total. The van der Waals surface area contributed by atoms with Crippen molar-refractivity contribution in [3.05, 3.63) is 0 Å². The molecule has 0 aromatic carbocycles. The van der Waals surface area contributed by atoms with Crippen molar-refractivity contribution in [1.29, 1.82) is 0 Å². The summed E-state index contributed by atoms with van der Waals surface area (Å²) in [6.45, 7) is 2.21. The van der Waals surface area contributed by atoms with E-state index in [0.717, 1.165) is 25.9 Å². The zero-order valence-electron chi connectivity index (χ0n) is 12.5. The first-order valence-electron chi connectivity index (χ1n) is 7.92. The zero-order chi connectivity index (χ0) is 14.4. The molecule has 5 heteroatoms. The Labute approximate surface area is 121 Å². The van der Waals surface area contributed by atoms with Crippen molar-refractivity contribution >= 4 is 6.09 Å². The quantitative estimate of drug-likeness (QED) is 0.825. The number of carbonyl (C=O) groups excluding carboxylic acids is 1. The maximum atomic E-state index is 11.4. The highest BCUT2D eigenvalue weighted by Crippen LogP contribution is 2.28. The van der Waals surface area contributed by atoms with Crippen molar-refractivity contribution in [3.8, 4) is 0 Å². The van der Waals surface area contributed by atoms with Crippen molar-refractivity contribution in [2.45, 2.75) is 57.0 Å². The van der Waals surface area contributed by atoms with Gasteiger partial charge in [0.05, 0.1) is 7.11 Å². The van der Waals surface area contributed by atoms with Gasteiger partial charge in [0.2, 0.25) is 0 Å². The van der Waals surface area contributed by atoms with Crippen LogP contribution >= 0.6 is 0 Å². The fourth-order valence-electron chi connectivity index (χ4n) is 3.71. The number of carbonyl (C=O) groups is 1. The molecular weight excluding hydrogens is 256 g/mol. The Morgan fingerprint density at radius 1 is 1.30 bits per heavy atom. The number of ether oxygens (including phenoxy) is 1. The van der Waals surface area contributed by atoms with Gasteiger partial charge in [0.25, 0.3) is 0 Å².